The van der Waals surface area contributed by atoms with E-state index in [0.29, 0.717) is 5.41 Å². The highest BCUT2D eigenvalue weighted by Crippen LogP contribution is 2.41. The van der Waals surface area contributed by atoms with Crippen molar-refractivity contribution in [2.75, 3.05) is 0 Å². The summed E-state index contributed by atoms with van der Waals surface area (Å²) in [7, 11) is 0. The summed E-state index contributed by atoms with van der Waals surface area (Å²) in [4.78, 5) is 0. The van der Waals surface area contributed by atoms with Gasteiger partial charge >= 0.3 is 0 Å². The van der Waals surface area contributed by atoms with Crippen molar-refractivity contribution in [2.45, 2.75) is 65.2 Å². The molecule has 14 heavy (non-hydrogen) atoms. The van der Waals surface area contributed by atoms with Crippen LogP contribution in [0.1, 0.15) is 65.2 Å². The molecule has 0 amide bonds. The Kier molecular flexibility index (Phi) is 5.29. The van der Waals surface area contributed by atoms with Crippen molar-refractivity contribution in [3.05, 3.63) is 18.6 Å². The highest BCUT2D eigenvalue weighted by molar-refractivity contribution is 5.06. The third kappa shape index (κ3) is 3.48. The minimum atomic E-state index is 0.640. The van der Waals surface area contributed by atoms with Gasteiger partial charge in [0.15, 0.2) is 0 Å². The lowest BCUT2D eigenvalue weighted by Crippen LogP contribution is -2.22. The van der Waals surface area contributed by atoms with E-state index in [2.05, 4.69) is 32.4 Å². The fourth-order valence-corrected chi connectivity index (χ4v) is 2.45. The second-order valence-corrected chi connectivity index (χ2v) is 4.78. The van der Waals surface area contributed by atoms with Gasteiger partial charge in [-0.2, -0.15) is 0 Å². The van der Waals surface area contributed by atoms with Crippen molar-refractivity contribution in [1.29, 1.82) is 0 Å². The van der Waals surface area contributed by atoms with E-state index < -0.39 is 0 Å². The molecule has 1 aliphatic rings. The molecule has 0 saturated heterocycles. The Morgan fingerprint density at radius 1 is 1.00 bits per heavy atom. The second-order valence-electron chi connectivity index (χ2n) is 4.78. The summed E-state index contributed by atoms with van der Waals surface area (Å²) in [5.74, 6) is 0. The van der Waals surface area contributed by atoms with E-state index in [9.17, 15) is 0 Å². The maximum atomic E-state index is 2.37. The number of unbranched alkanes of at least 4 members (excludes halogenated alkanes) is 2. The average Bonchev–Trinajstić information content (AvgIpc) is 2.25. The predicted octanol–water partition coefficient (Wildman–Crippen LogP) is 4.91. The van der Waals surface area contributed by atoms with Gasteiger partial charge in [0.1, 0.15) is 0 Å². The molecule has 0 bridgehead atoms. The molecule has 0 atom stereocenters. The Labute approximate surface area is 89.8 Å². The molecule has 0 aromatic heterocycles. The van der Waals surface area contributed by atoms with Crippen LogP contribution in [0.4, 0.5) is 0 Å². The van der Waals surface area contributed by atoms with E-state index in [1.165, 1.54) is 51.4 Å². The molecular weight excluding hydrogens is 168 g/mol. The van der Waals surface area contributed by atoms with Crippen LogP contribution in [-0.2, 0) is 0 Å². The van der Waals surface area contributed by atoms with Gasteiger partial charge in [-0.1, -0.05) is 51.7 Å². The van der Waals surface area contributed by atoms with Crippen LogP contribution in [0.5, 0.6) is 0 Å². The van der Waals surface area contributed by atoms with E-state index >= 15 is 0 Å². The van der Waals surface area contributed by atoms with Gasteiger partial charge in [-0.05, 0) is 37.5 Å². The average molecular weight is 193 g/mol. The van der Waals surface area contributed by atoms with Gasteiger partial charge in [-0.3, -0.25) is 0 Å². The molecule has 0 nitrogen and oxygen atoms in total. The first-order chi connectivity index (χ1) is 6.83. The Balaban J connectivity index is 2.44. The fraction of sp³-hybridized carbons (Fsp3) is 0.786. The summed E-state index contributed by atoms with van der Waals surface area (Å²) in [6, 6.07) is 0. The minimum Gasteiger partial charge on any atom is -0.0877 e. The molecule has 0 heterocycles. The van der Waals surface area contributed by atoms with Crippen LogP contribution in [0, 0.1) is 11.8 Å². The van der Waals surface area contributed by atoms with Gasteiger partial charge in [0.05, 0.1) is 0 Å². The van der Waals surface area contributed by atoms with Crippen LogP contribution in [-0.4, -0.2) is 0 Å². The van der Waals surface area contributed by atoms with Crippen LogP contribution < -0.4 is 0 Å². The van der Waals surface area contributed by atoms with E-state index in [4.69, 9.17) is 0 Å². The number of rotatable bonds is 6. The van der Waals surface area contributed by atoms with Crippen LogP contribution >= 0.6 is 0 Å². The quantitative estimate of drug-likeness (QED) is 0.562. The molecular formula is C14H25. The van der Waals surface area contributed by atoms with E-state index in [1.807, 2.05) is 0 Å². The lowest BCUT2D eigenvalue weighted by Gasteiger charge is -2.35. The molecule has 1 aliphatic carbocycles. The van der Waals surface area contributed by atoms with Gasteiger partial charge < -0.3 is 0 Å². The Morgan fingerprint density at radius 2 is 1.64 bits per heavy atom. The second kappa shape index (κ2) is 6.27. The lowest BCUT2D eigenvalue weighted by atomic mass is 9.70. The molecule has 0 fully saturated rings. The molecule has 1 radical (unpaired) electrons. The standard InChI is InChI=1S/C14H25/c1-3-5-10-14(11-6-4-2)12-8-7-9-13-14/h7-9H,3-6,10-13H2,1-2H3. The Morgan fingerprint density at radius 3 is 2.07 bits per heavy atom. The number of allylic oxidation sites excluding steroid dienone is 2. The zero-order valence-electron chi connectivity index (χ0n) is 9.89. The summed E-state index contributed by atoms with van der Waals surface area (Å²) < 4.78 is 0. The van der Waals surface area contributed by atoms with Crippen LogP contribution in [0.2, 0.25) is 0 Å². The smallest absolute Gasteiger partial charge is 0.0165 e. The molecule has 0 aliphatic heterocycles. The van der Waals surface area contributed by atoms with Crippen molar-refractivity contribution < 1.29 is 0 Å². The van der Waals surface area contributed by atoms with Gasteiger partial charge in [0.2, 0.25) is 0 Å². The van der Waals surface area contributed by atoms with Crippen molar-refractivity contribution in [1.82, 2.24) is 0 Å². The van der Waals surface area contributed by atoms with Crippen LogP contribution in [0.25, 0.3) is 0 Å². The molecule has 0 unspecified atom stereocenters. The SMILES string of the molecule is CCCCC1(CCCC)C[CH]C=CC1. The highest BCUT2D eigenvalue weighted by atomic mass is 14.3. The predicted molar refractivity (Wildman–Crippen MR) is 64.2 cm³/mol. The molecule has 0 aromatic rings. The van der Waals surface area contributed by atoms with Crippen LogP contribution in [0.15, 0.2) is 12.2 Å². The van der Waals surface area contributed by atoms with Gasteiger partial charge in [0, 0.05) is 0 Å². The third-order valence-electron chi connectivity index (χ3n) is 3.50. The zero-order valence-corrected chi connectivity index (χ0v) is 9.89. The minimum absolute atomic E-state index is 0.640. The van der Waals surface area contributed by atoms with E-state index in [-0.39, 0.29) is 0 Å². The van der Waals surface area contributed by atoms with E-state index in [1.54, 1.807) is 0 Å². The highest BCUT2D eigenvalue weighted by Gasteiger charge is 2.28. The summed E-state index contributed by atoms with van der Waals surface area (Å²) in [5.41, 5.74) is 0.640. The topological polar surface area (TPSA) is 0 Å². The molecule has 0 N–H and O–H groups in total. The number of hydrogen-bond acceptors (Lipinski definition) is 0. The van der Waals surface area contributed by atoms with Crippen molar-refractivity contribution >= 4 is 0 Å². The first kappa shape index (κ1) is 11.8. The van der Waals surface area contributed by atoms with Crippen LogP contribution in [0.3, 0.4) is 0 Å². The Bertz CT molecular complexity index is 159. The first-order valence-corrected chi connectivity index (χ1v) is 6.31. The summed E-state index contributed by atoms with van der Waals surface area (Å²) in [6.45, 7) is 4.60. The summed E-state index contributed by atoms with van der Waals surface area (Å²) in [6.07, 6.45) is 18.0. The molecule has 0 saturated carbocycles. The summed E-state index contributed by atoms with van der Waals surface area (Å²) in [5, 5.41) is 0. The Hall–Kier alpha value is -0.260. The fourth-order valence-electron chi connectivity index (χ4n) is 2.45. The molecule has 1 rings (SSSR count). The lowest BCUT2D eigenvalue weighted by molar-refractivity contribution is 0.220. The maximum absolute atomic E-state index is 2.37. The zero-order chi connectivity index (χ0) is 10.3. The first-order valence-electron chi connectivity index (χ1n) is 6.31. The van der Waals surface area contributed by atoms with Crippen molar-refractivity contribution in [2.24, 2.45) is 5.41 Å². The van der Waals surface area contributed by atoms with Gasteiger partial charge in [-0.25, -0.2) is 0 Å². The largest absolute Gasteiger partial charge is 0.0877 e. The monoisotopic (exact) mass is 193 g/mol. The molecule has 0 spiro atoms. The van der Waals surface area contributed by atoms with E-state index in [0.717, 1.165) is 0 Å². The van der Waals surface area contributed by atoms with Crippen molar-refractivity contribution in [3.63, 3.8) is 0 Å². The van der Waals surface area contributed by atoms with Gasteiger partial charge in [0.25, 0.3) is 0 Å². The third-order valence-corrected chi connectivity index (χ3v) is 3.50. The summed E-state index contributed by atoms with van der Waals surface area (Å²) >= 11 is 0. The van der Waals surface area contributed by atoms with Gasteiger partial charge in [-0.15, -0.1) is 0 Å². The normalized spacial score (nSPS) is 19.9. The molecule has 0 aromatic carbocycles. The maximum Gasteiger partial charge on any atom is -0.0165 e. The molecule has 0 heteroatoms. The molecule has 81 valence electrons. The number of hydrogen-bond donors (Lipinski definition) is 0. The van der Waals surface area contributed by atoms with Crippen molar-refractivity contribution in [3.8, 4) is 0 Å².